The van der Waals surface area contributed by atoms with Crippen LogP contribution in [0.2, 0.25) is 0 Å². The lowest BCUT2D eigenvalue weighted by Gasteiger charge is -2.12. The van der Waals surface area contributed by atoms with Gasteiger partial charge in [-0.15, -0.1) is 11.6 Å². The molecule has 0 spiro atoms. The van der Waals surface area contributed by atoms with E-state index in [-0.39, 0.29) is 12.5 Å². The highest BCUT2D eigenvalue weighted by atomic mass is 35.5. The van der Waals surface area contributed by atoms with Gasteiger partial charge in [-0.1, -0.05) is 0 Å². The first-order valence-corrected chi connectivity index (χ1v) is 3.57. The Labute approximate surface area is 70.4 Å². The minimum Gasteiger partial charge on any atom is -0.438 e. The average Bonchev–Trinajstić information content (AvgIpc) is 2.03. The van der Waals surface area contributed by atoms with Gasteiger partial charge in [-0.25, -0.2) is 4.79 Å². The molecule has 0 aliphatic heterocycles. The summed E-state index contributed by atoms with van der Waals surface area (Å²) in [6.07, 6.45) is -1.18. The third-order valence-corrected chi connectivity index (χ3v) is 1.30. The highest BCUT2D eigenvalue weighted by molar-refractivity contribution is 6.18. The van der Waals surface area contributed by atoms with Gasteiger partial charge in [0, 0.05) is 7.11 Å². The van der Waals surface area contributed by atoms with E-state index in [0.717, 1.165) is 0 Å². The van der Waals surface area contributed by atoms with Crippen molar-refractivity contribution in [3.63, 3.8) is 0 Å². The molecule has 0 N–H and O–H groups in total. The van der Waals surface area contributed by atoms with Crippen LogP contribution in [0.25, 0.3) is 0 Å². The molecule has 0 aromatic carbocycles. The fourth-order valence-electron chi connectivity index (χ4n) is 0.480. The van der Waals surface area contributed by atoms with Crippen molar-refractivity contribution < 1.29 is 19.0 Å². The topological polar surface area (TPSA) is 44.8 Å². The Morgan fingerprint density at radius 1 is 1.55 bits per heavy atom. The maximum absolute atomic E-state index is 10.5. The van der Waals surface area contributed by atoms with Crippen molar-refractivity contribution in [2.45, 2.75) is 6.10 Å². The van der Waals surface area contributed by atoms with Gasteiger partial charge >= 0.3 is 6.16 Å². The minimum absolute atomic E-state index is 0.197. The fraction of sp³-hybridized carbons (Fsp3) is 0.833. The van der Waals surface area contributed by atoms with Crippen LogP contribution in [-0.2, 0) is 14.2 Å². The monoisotopic (exact) mass is 182 g/mol. The molecule has 5 heteroatoms. The Balaban J connectivity index is 3.58. The predicted molar refractivity (Wildman–Crippen MR) is 39.9 cm³/mol. The highest BCUT2D eigenvalue weighted by Gasteiger charge is 2.12. The van der Waals surface area contributed by atoms with E-state index in [0.29, 0.717) is 0 Å². The standard InChI is InChI=1S/C6H11ClO4/c1-9-4-5(3-7)11-6(8)10-2/h5H,3-4H2,1-2H3. The lowest BCUT2D eigenvalue weighted by molar-refractivity contribution is 0.0120. The van der Waals surface area contributed by atoms with Crippen molar-refractivity contribution in [2.75, 3.05) is 26.7 Å². The largest absolute Gasteiger partial charge is 0.508 e. The van der Waals surface area contributed by atoms with Gasteiger partial charge in [-0.3, -0.25) is 0 Å². The summed E-state index contributed by atoms with van der Waals surface area (Å²) < 4.78 is 13.6. The van der Waals surface area contributed by atoms with Gasteiger partial charge in [-0.2, -0.15) is 0 Å². The lowest BCUT2D eigenvalue weighted by atomic mass is 10.4. The molecule has 0 aliphatic rings. The number of hydrogen-bond acceptors (Lipinski definition) is 4. The van der Waals surface area contributed by atoms with Crippen molar-refractivity contribution in [1.82, 2.24) is 0 Å². The van der Waals surface area contributed by atoms with E-state index >= 15 is 0 Å². The summed E-state index contributed by atoms with van der Waals surface area (Å²) in [5.41, 5.74) is 0. The zero-order chi connectivity index (χ0) is 8.69. The molecule has 0 heterocycles. The van der Waals surface area contributed by atoms with E-state index < -0.39 is 12.3 Å². The molecule has 0 fully saturated rings. The molecule has 0 rings (SSSR count). The van der Waals surface area contributed by atoms with Crippen LogP contribution < -0.4 is 0 Å². The number of carbonyl (C=O) groups excluding carboxylic acids is 1. The van der Waals surface area contributed by atoms with Crippen LogP contribution in [-0.4, -0.2) is 39.0 Å². The van der Waals surface area contributed by atoms with E-state index in [9.17, 15) is 4.79 Å². The summed E-state index contributed by atoms with van der Waals surface area (Å²) in [5, 5.41) is 0. The molecule has 0 amide bonds. The first-order valence-electron chi connectivity index (χ1n) is 3.04. The smallest absolute Gasteiger partial charge is 0.438 e. The number of halogens is 1. The van der Waals surface area contributed by atoms with Crippen molar-refractivity contribution in [2.24, 2.45) is 0 Å². The molecule has 11 heavy (non-hydrogen) atoms. The normalized spacial score (nSPS) is 12.3. The molecular weight excluding hydrogens is 172 g/mol. The van der Waals surface area contributed by atoms with Gasteiger partial charge in [0.05, 0.1) is 19.6 Å². The predicted octanol–water partition coefficient (Wildman–Crippen LogP) is 1.02. The Morgan fingerprint density at radius 3 is 2.55 bits per heavy atom. The molecule has 0 radical (unpaired) electrons. The summed E-state index contributed by atoms with van der Waals surface area (Å²) >= 11 is 5.43. The summed E-state index contributed by atoms with van der Waals surface area (Å²) in [7, 11) is 2.74. The van der Waals surface area contributed by atoms with E-state index in [1.54, 1.807) is 0 Å². The van der Waals surface area contributed by atoms with Crippen LogP contribution in [0.3, 0.4) is 0 Å². The average molecular weight is 183 g/mol. The Bertz CT molecular complexity index is 117. The number of ether oxygens (including phenoxy) is 3. The van der Waals surface area contributed by atoms with Crippen molar-refractivity contribution in [3.8, 4) is 0 Å². The van der Waals surface area contributed by atoms with Gasteiger partial charge in [0.1, 0.15) is 6.10 Å². The molecule has 4 nitrogen and oxygen atoms in total. The molecular formula is C6H11ClO4. The quantitative estimate of drug-likeness (QED) is 0.481. The summed E-state index contributed by atoms with van der Waals surface area (Å²) in [6.45, 7) is 0.276. The van der Waals surface area contributed by atoms with Crippen LogP contribution in [0.15, 0.2) is 0 Å². The van der Waals surface area contributed by atoms with E-state index in [1.807, 2.05) is 0 Å². The molecule has 1 unspecified atom stereocenters. The van der Waals surface area contributed by atoms with Crippen LogP contribution >= 0.6 is 11.6 Å². The van der Waals surface area contributed by atoms with Crippen LogP contribution in [0, 0.1) is 0 Å². The zero-order valence-electron chi connectivity index (χ0n) is 6.50. The molecule has 0 aliphatic carbocycles. The van der Waals surface area contributed by atoms with Gasteiger partial charge in [0.25, 0.3) is 0 Å². The molecule has 0 saturated heterocycles. The number of alkyl halides is 1. The van der Waals surface area contributed by atoms with Crippen molar-refractivity contribution in [3.05, 3.63) is 0 Å². The summed E-state index contributed by atoms with van der Waals surface area (Å²) in [5.74, 6) is 0.197. The summed E-state index contributed by atoms with van der Waals surface area (Å²) in [4.78, 5) is 10.5. The maximum atomic E-state index is 10.5. The Hall–Kier alpha value is -0.480. The Kier molecular flexibility index (Phi) is 5.97. The van der Waals surface area contributed by atoms with Gasteiger partial charge in [0.15, 0.2) is 0 Å². The van der Waals surface area contributed by atoms with Crippen molar-refractivity contribution in [1.29, 1.82) is 0 Å². The van der Waals surface area contributed by atoms with Gasteiger partial charge in [-0.05, 0) is 0 Å². The van der Waals surface area contributed by atoms with Gasteiger partial charge < -0.3 is 14.2 Å². The highest BCUT2D eigenvalue weighted by Crippen LogP contribution is 1.97. The van der Waals surface area contributed by atoms with Gasteiger partial charge in [0.2, 0.25) is 0 Å². The molecule has 1 atom stereocenters. The van der Waals surface area contributed by atoms with Crippen LogP contribution in [0.4, 0.5) is 4.79 Å². The molecule has 0 aromatic heterocycles. The first kappa shape index (κ1) is 10.5. The zero-order valence-corrected chi connectivity index (χ0v) is 7.26. The fourth-order valence-corrected chi connectivity index (χ4v) is 0.632. The molecule has 66 valence electrons. The minimum atomic E-state index is -0.743. The molecule has 0 saturated carbocycles. The number of methoxy groups -OCH3 is 2. The third-order valence-electron chi connectivity index (χ3n) is 0.954. The second-order valence-electron chi connectivity index (χ2n) is 1.80. The SMILES string of the molecule is COCC(CCl)OC(=O)OC. The third kappa shape index (κ3) is 4.86. The van der Waals surface area contributed by atoms with Crippen molar-refractivity contribution >= 4 is 17.8 Å². The van der Waals surface area contributed by atoms with Crippen LogP contribution in [0.5, 0.6) is 0 Å². The second kappa shape index (κ2) is 6.24. The van der Waals surface area contributed by atoms with Crippen LogP contribution in [0.1, 0.15) is 0 Å². The summed E-state index contributed by atoms with van der Waals surface area (Å²) in [6, 6.07) is 0. The number of hydrogen-bond donors (Lipinski definition) is 0. The number of carbonyl (C=O) groups is 1. The number of rotatable bonds is 4. The van der Waals surface area contributed by atoms with E-state index in [1.165, 1.54) is 14.2 Å². The Morgan fingerprint density at radius 2 is 2.18 bits per heavy atom. The molecule has 0 aromatic rings. The first-order chi connectivity index (χ1) is 5.24. The van der Waals surface area contributed by atoms with E-state index in [2.05, 4.69) is 9.47 Å². The second-order valence-corrected chi connectivity index (χ2v) is 2.11. The van der Waals surface area contributed by atoms with E-state index in [4.69, 9.17) is 16.3 Å². The maximum Gasteiger partial charge on any atom is 0.508 e. The molecule has 0 bridgehead atoms. The lowest BCUT2D eigenvalue weighted by Crippen LogP contribution is -2.24.